The molecule has 0 radical (unpaired) electrons. The molecule has 1 saturated heterocycles. The normalized spacial score (nSPS) is 20.9. The van der Waals surface area contributed by atoms with Gasteiger partial charge in [0.05, 0.1) is 6.61 Å². The van der Waals surface area contributed by atoms with Crippen LogP contribution in [0.1, 0.15) is 12.8 Å². The van der Waals surface area contributed by atoms with Crippen molar-refractivity contribution in [1.29, 1.82) is 0 Å². The summed E-state index contributed by atoms with van der Waals surface area (Å²) in [6, 6.07) is 0. The molecule has 0 aromatic heterocycles. The molecule has 1 aliphatic heterocycles. The predicted octanol–water partition coefficient (Wildman–Crippen LogP) is 0.616. The number of hydrogen-bond donors (Lipinski definition) is 1. The molecule has 0 aromatic rings. The van der Waals surface area contributed by atoms with E-state index < -0.39 is 11.9 Å². The Balaban J connectivity index is 2.76. The maximum absolute atomic E-state index is 10.8. The molecule has 1 atom stereocenters. The summed E-state index contributed by atoms with van der Waals surface area (Å²) in [7, 11) is 0. The van der Waals surface area contributed by atoms with Crippen LogP contribution in [-0.2, 0) is 14.4 Å². The molecule has 1 rings (SSSR count). The molecule has 1 aliphatic rings. The van der Waals surface area contributed by atoms with Gasteiger partial charge in [-0.15, -0.1) is 6.58 Å². The van der Waals surface area contributed by atoms with Crippen molar-refractivity contribution < 1.29 is 19.5 Å². The van der Waals surface area contributed by atoms with Crippen LogP contribution in [0.4, 0.5) is 0 Å². The van der Waals surface area contributed by atoms with E-state index >= 15 is 0 Å². The first-order valence-corrected chi connectivity index (χ1v) is 4.70. The minimum absolute atomic E-state index is 0.0654. The number of hydroxylamine groups is 2. The van der Waals surface area contributed by atoms with Crippen molar-refractivity contribution in [2.75, 3.05) is 13.2 Å². The molecule has 5 nitrogen and oxygen atoms in total. The van der Waals surface area contributed by atoms with Crippen LogP contribution < -0.4 is 0 Å². The molecule has 1 fully saturated rings. The second kappa shape index (κ2) is 5.34. The zero-order chi connectivity index (χ0) is 11.3. The number of carboxylic acid groups (broad SMARTS) is 1. The Labute approximate surface area is 87.6 Å². The van der Waals surface area contributed by atoms with Crippen molar-refractivity contribution in [3.8, 4) is 0 Å². The first-order valence-electron chi connectivity index (χ1n) is 4.70. The lowest BCUT2D eigenvalue weighted by Gasteiger charge is -2.31. The molecule has 0 spiro atoms. The van der Waals surface area contributed by atoms with Crippen LogP contribution in [0.2, 0.25) is 0 Å². The Morgan fingerprint density at radius 1 is 1.80 bits per heavy atom. The number of carboxylic acids is 1. The highest BCUT2D eigenvalue weighted by atomic mass is 16.7. The van der Waals surface area contributed by atoms with Crippen molar-refractivity contribution in [3.63, 3.8) is 0 Å². The number of rotatable bonds is 4. The molecule has 15 heavy (non-hydrogen) atoms. The first kappa shape index (κ1) is 11.5. The summed E-state index contributed by atoms with van der Waals surface area (Å²) in [6.45, 7) is 4.24. The van der Waals surface area contributed by atoms with Gasteiger partial charge in [-0.1, -0.05) is 6.08 Å². The van der Waals surface area contributed by atoms with Crippen LogP contribution >= 0.6 is 0 Å². The molecular weight excluding hydrogens is 198 g/mol. The van der Waals surface area contributed by atoms with Crippen LogP contribution in [0.15, 0.2) is 18.4 Å². The topological polar surface area (TPSA) is 66.8 Å². The Morgan fingerprint density at radius 2 is 2.53 bits per heavy atom. The largest absolute Gasteiger partial charge is 0.481 e. The van der Waals surface area contributed by atoms with Crippen molar-refractivity contribution in [2.45, 2.75) is 12.8 Å². The molecular formula is C10H13NO4. The molecule has 1 heterocycles. The molecule has 0 aliphatic carbocycles. The fourth-order valence-electron chi connectivity index (χ4n) is 1.51. The van der Waals surface area contributed by atoms with Crippen molar-refractivity contribution in [2.24, 2.45) is 5.92 Å². The lowest BCUT2D eigenvalue weighted by Crippen LogP contribution is -2.37. The van der Waals surface area contributed by atoms with E-state index in [4.69, 9.17) is 9.94 Å². The van der Waals surface area contributed by atoms with Crippen molar-refractivity contribution in [3.05, 3.63) is 18.4 Å². The maximum Gasteiger partial charge on any atom is 0.313 e. The molecule has 1 unspecified atom stereocenters. The van der Waals surface area contributed by atoms with E-state index in [1.807, 2.05) is 0 Å². The summed E-state index contributed by atoms with van der Waals surface area (Å²) < 4.78 is 0. The standard InChI is InChI=1S/C10H13NO4/c1-2-6-15-11-5-3-4-8(10(13)14)9(11)7-12/h2,8H,1,3-6H2,(H,13,14). The van der Waals surface area contributed by atoms with Crippen LogP contribution in [-0.4, -0.2) is 35.2 Å². The highest BCUT2D eigenvalue weighted by molar-refractivity contribution is 5.77. The summed E-state index contributed by atoms with van der Waals surface area (Å²) in [5, 5.41) is 10.2. The van der Waals surface area contributed by atoms with Gasteiger partial charge in [-0.3, -0.25) is 9.63 Å². The van der Waals surface area contributed by atoms with E-state index in [2.05, 4.69) is 6.58 Å². The Morgan fingerprint density at radius 3 is 3.07 bits per heavy atom. The summed E-state index contributed by atoms with van der Waals surface area (Å²) in [5.41, 5.74) is 0.0654. The van der Waals surface area contributed by atoms with Crippen LogP contribution in [0.5, 0.6) is 0 Å². The molecule has 1 N–H and O–H groups in total. The van der Waals surface area contributed by atoms with Gasteiger partial charge in [-0.05, 0) is 12.8 Å². The number of aliphatic carboxylic acids is 1. The van der Waals surface area contributed by atoms with Crippen LogP contribution in [0.25, 0.3) is 0 Å². The van der Waals surface area contributed by atoms with Gasteiger partial charge in [-0.25, -0.2) is 9.86 Å². The van der Waals surface area contributed by atoms with Gasteiger partial charge in [0.25, 0.3) is 0 Å². The molecule has 82 valence electrons. The third-order valence-corrected chi connectivity index (χ3v) is 2.20. The Bertz CT molecular complexity index is 307. The lowest BCUT2D eigenvalue weighted by molar-refractivity contribution is -0.156. The van der Waals surface area contributed by atoms with Gasteiger partial charge in [0, 0.05) is 6.54 Å². The van der Waals surface area contributed by atoms with Crippen LogP contribution in [0.3, 0.4) is 0 Å². The fourth-order valence-corrected chi connectivity index (χ4v) is 1.51. The first-order chi connectivity index (χ1) is 7.20. The van der Waals surface area contributed by atoms with E-state index in [1.165, 1.54) is 11.1 Å². The molecule has 0 amide bonds. The number of carbonyl (C=O) groups excluding carboxylic acids is 1. The fraction of sp³-hybridized carbons (Fsp3) is 0.500. The molecule has 0 aromatic carbocycles. The van der Waals surface area contributed by atoms with Gasteiger partial charge >= 0.3 is 5.97 Å². The van der Waals surface area contributed by atoms with Crippen molar-refractivity contribution >= 4 is 11.9 Å². The summed E-state index contributed by atoms with van der Waals surface area (Å²) in [4.78, 5) is 26.7. The van der Waals surface area contributed by atoms with E-state index in [0.717, 1.165) is 0 Å². The molecule has 5 heteroatoms. The van der Waals surface area contributed by atoms with Crippen molar-refractivity contribution in [1.82, 2.24) is 5.06 Å². The molecule has 0 bridgehead atoms. The van der Waals surface area contributed by atoms with Gasteiger partial charge in [0.2, 0.25) is 0 Å². The minimum atomic E-state index is -1.01. The third kappa shape index (κ3) is 2.68. The van der Waals surface area contributed by atoms with E-state index in [1.54, 1.807) is 5.94 Å². The predicted molar refractivity (Wildman–Crippen MR) is 52.4 cm³/mol. The second-order valence-corrected chi connectivity index (χ2v) is 3.21. The second-order valence-electron chi connectivity index (χ2n) is 3.21. The van der Waals surface area contributed by atoms with Crippen LogP contribution in [0, 0.1) is 5.92 Å². The summed E-state index contributed by atoms with van der Waals surface area (Å²) in [6.07, 6.45) is 2.67. The van der Waals surface area contributed by atoms with Gasteiger partial charge in [-0.2, -0.15) is 0 Å². The van der Waals surface area contributed by atoms with E-state index in [0.29, 0.717) is 19.4 Å². The van der Waals surface area contributed by atoms with Gasteiger partial charge in [0.15, 0.2) is 0 Å². The third-order valence-electron chi connectivity index (χ3n) is 2.20. The lowest BCUT2D eigenvalue weighted by atomic mass is 9.96. The zero-order valence-corrected chi connectivity index (χ0v) is 8.31. The Hall–Kier alpha value is -1.58. The number of piperidine rings is 1. The quantitative estimate of drug-likeness (QED) is 0.545. The highest BCUT2D eigenvalue weighted by Crippen LogP contribution is 2.25. The molecule has 0 saturated carbocycles. The zero-order valence-electron chi connectivity index (χ0n) is 8.31. The number of carbonyl (C=O) groups is 1. The summed E-state index contributed by atoms with van der Waals surface area (Å²) >= 11 is 0. The number of hydrogen-bond acceptors (Lipinski definition) is 4. The smallest absolute Gasteiger partial charge is 0.313 e. The Kier molecular flexibility index (Phi) is 4.09. The van der Waals surface area contributed by atoms with E-state index in [-0.39, 0.29) is 12.3 Å². The summed E-state index contributed by atoms with van der Waals surface area (Å²) in [5.74, 6) is -0.171. The monoisotopic (exact) mass is 211 g/mol. The van der Waals surface area contributed by atoms with Gasteiger partial charge in [0.1, 0.15) is 17.6 Å². The van der Waals surface area contributed by atoms with E-state index in [9.17, 15) is 9.59 Å². The average molecular weight is 211 g/mol. The highest BCUT2D eigenvalue weighted by Gasteiger charge is 2.32. The SMILES string of the molecule is C=CCON1CCCC(C(=O)O)C1=C=O. The maximum atomic E-state index is 10.8. The van der Waals surface area contributed by atoms with Gasteiger partial charge < -0.3 is 5.11 Å². The number of nitrogens with zero attached hydrogens (tertiary/aromatic N) is 1. The minimum Gasteiger partial charge on any atom is -0.481 e. The average Bonchev–Trinajstić information content (AvgIpc) is 2.25.